The van der Waals surface area contributed by atoms with E-state index in [1.54, 1.807) is 18.2 Å². The third kappa shape index (κ3) is 5.44. The van der Waals surface area contributed by atoms with Gasteiger partial charge in [-0.25, -0.2) is 4.79 Å². The van der Waals surface area contributed by atoms with Crippen LogP contribution in [0.4, 0.5) is 0 Å². The maximum Gasteiger partial charge on any atom is 0.327 e. The van der Waals surface area contributed by atoms with Crippen LogP contribution in [0.15, 0.2) is 24.3 Å². The number of benzene rings is 1. The molecular weight excluding hydrogens is 264 g/mol. The number of rotatable bonds is 6. The predicted octanol–water partition coefficient (Wildman–Crippen LogP) is 1.38. The third-order valence-electron chi connectivity index (χ3n) is 2.28. The number of carbonyl (C=O) groups excluding carboxylic acids is 1. The maximum absolute atomic E-state index is 10.9. The molecule has 0 bridgehead atoms. The summed E-state index contributed by atoms with van der Waals surface area (Å²) in [4.78, 5) is 21.8. The zero-order chi connectivity index (χ0) is 14.3. The molecule has 1 unspecified atom stereocenters. The van der Waals surface area contributed by atoms with E-state index in [1.807, 2.05) is 6.07 Å². The molecule has 0 spiro atoms. The molecule has 0 fully saturated rings. The predicted molar refractivity (Wildman–Crippen MR) is 72.6 cm³/mol. The zero-order valence-corrected chi connectivity index (χ0v) is 11.2. The van der Waals surface area contributed by atoms with E-state index in [-0.39, 0.29) is 11.7 Å². The lowest BCUT2D eigenvalue weighted by Crippen LogP contribution is -2.41. The smallest absolute Gasteiger partial charge is 0.327 e. The first kappa shape index (κ1) is 15.1. The Labute approximate surface area is 115 Å². The van der Waals surface area contributed by atoms with Crippen molar-refractivity contribution in [1.82, 2.24) is 5.32 Å². The number of carboxylic acid groups (broad SMARTS) is 1. The highest BCUT2D eigenvalue weighted by molar-refractivity contribution is 7.98. The molecule has 0 aliphatic carbocycles. The van der Waals surface area contributed by atoms with Crippen LogP contribution < -0.4 is 5.32 Å². The summed E-state index contributed by atoms with van der Waals surface area (Å²) in [7, 11) is 0. The van der Waals surface area contributed by atoms with Crippen molar-refractivity contribution in [2.24, 2.45) is 0 Å². The molecule has 1 aromatic carbocycles. The Morgan fingerprint density at radius 2 is 2.26 bits per heavy atom. The molecule has 100 valence electrons. The van der Waals surface area contributed by atoms with Gasteiger partial charge in [0.25, 0.3) is 0 Å². The van der Waals surface area contributed by atoms with E-state index < -0.39 is 12.0 Å². The Morgan fingerprint density at radius 3 is 2.84 bits per heavy atom. The van der Waals surface area contributed by atoms with Crippen LogP contribution in [-0.2, 0) is 15.3 Å². The number of nitrogens with one attached hydrogen (secondary N) is 1. The van der Waals surface area contributed by atoms with E-state index in [0.717, 1.165) is 5.56 Å². The molecule has 0 heterocycles. The van der Waals surface area contributed by atoms with Crippen molar-refractivity contribution in [2.45, 2.75) is 18.7 Å². The Hall–Kier alpha value is -2.00. The van der Waals surface area contributed by atoms with Gasteiger partial charge >= 0.3 is 5.97 Å². The standard InChI is InChI=1S/C13H14N2O3S/c1-9(16)15-12(13(17)18)8-19-7-11-4-2-3-10(5-11)6-14/h2-5,12H,7-8H2,1H3,(H,15,16)(H,17,18). The summed E-state index contributed by atoms with van der Waals surface area (Å²) < 4.78 is 0. The number of amides is 1. The number of nitriles is 1. The minimum atomic E-state index is -1.05. The van der Waals surface area contributed by atoms with Crippen molar-refractivity contribution < 1.29 is 14.7 Å². The summed E-state index contributed by atoms with van der Waals surface area (Å²) in [5.41, 5.74) is 1.53. The summed E-state index contributed by atoms with van der Waals surface area (Å²) in [6.45, 7) is 1.29. The van der Waals surface area contributed by atoms with Gasteiger partial charge in [0.2, 0.25) is 5.91 Å². The molecule has 2 N–H and O–H groups in total. The van der Waals surface area contributed by atoms with Gasteiger partial charge in [0.1, 0.15) is 6.04 Å². The van der Waals surface area contributed by atoms with Gasteiger partial charge in [-0.05, 0) is 17.7 Å². The fourth-order valence-corrected chi connectivity index (χ4v) is 2.44. The largest absolute Gasteiger partial charge is 0.480 e. The minimum absolute atomic E-state index is 0.283. The molecule has 1 atom stereocenters. The Bertz CT molecular complexity index is 511. The van der Waals surface area contributed by atoms with E-state index in [4.69, 9.17) is 10.4 Å². The molecule has 5 nitrogen and oxygen atoms in total. The quantitative estimate of drug-likeness (QED) is 0.820. The molecule has 0 aliphatic rings. The van der Waals surface area contributed by atoms with Crippen LogP contribution in [0.3, 0.4) is 0 Å². The van der Waals surface area contributed by atoms with Gasteiger partial charge in [-0.1, -0.05) is 12.1 Å². The number of hydrogen-bond donors (Lipinski definition) is 2. The van der Waals surface area contributed by atoms with Crippen molar-refractivity contribution in [3.8, 4) is 6.07 Å². The van der Waals surface area contributed by atoms with E-state index in [0.29, 0.717) is 11.3 Å². The average molecular weight is 278 g/mol. The van der Waals surface area contributed by atoms with Crippen molar-refractivity contribution >= 4 is 23.6 Å². The van der Waals surface area contributed by atoms with Gasteiger partial charge in [-0.3, -0.25) is 4.79 Å². The maximum atomic E-state index is 10.9. The van der Waals surface area contributed by atoms with Gasteiger partial charge in [-0.15, -0.1) is 0 Å². The highest BCUT2D eigenvalue weighted by Gasteiger charge is 2.17. The second kappa shape index (κ2) is 7.44. The topological polar surface area (TPSA) is 90.2 Å². The van der Waals surface area contributed by atoms with E-state index in [9.17, 15) is 9.59 Å². The molecule has 0 saturated carbocycles. The highest BCUT2D eigenvalue weighted by Crippen LogP contribution is 2.14. The number of aliphatic carboxylic acids is 1. The molecular formula is C13H14N2O3S. The lowest BCUT2D eigenvalue weighted by Gasteiger charge is -2.12. The second-order valence-corrected chi connectivity index (χ2v) is 4.95. The lowest BCUT2D eigenvalue weighted by atomic mass is 10.2. The number of carboxylic acids is 1. The van der Waals surface area contributed by atoms with Crippen LogP contribution in [0.1, 0.15) is 18.1 Å². The van der Waals surface area contributed by atoms with Crippen molar-refractivity contribution in [1.29, 1.82) is 5.26 Å². The first-order valence-electron chi connectivity index (χ1n) is 5.59. The number of carbonyl (C=O) groups is 2. The van der Waals surface area contributed by atoms with Crippen LogP contribution in [0.5, 0.6) is 0 Å². The fourth-order valence-electron chi connectivity index (χ4n) is 1.45. The van der Waals surface area contributed by atoms with Crippen LogP contribution in [-0.4, -0.2) is 28.8 Å². The molecule has 19 heavy (non-hydrogen) atoms. The molecule has 6 heteroatoms. The molecule has 0 saturated heterocycles. The second-order valence-electron chi connectivity index (χ2n) is 3.92. The Morgan fingerprint density at radius 1 is 1.53 bits per heavy atom. The fraction of sp³-hybridized carbons (Fsp3) is 0.308. The summed E-state index contributed by atoms with van der Waals surface area (Å²) >= 11 is 1.40. The Balaban J connectivity index is 2.49. The van der Waals surface area contributed by atoms with Gasteiger partial charge in [0.05, 0.1) is 11.6 Å². The van der Waals surface area contributed by atoms with Crippen LogP contribution >= 0.6 is 11.8 Å². The third-order valence-corrected chi connectivity index (χ3v) is 3.39. The van der Waals surface area contributed by atoms with Crippen molar-refractivity contribution in [2.75, 3.05) is 5.75 Å². The first-order valence-corrected chi connectivity index (χ1v) is 6.75. The van der Waals surface area contributed by atoms with Crippen molar-refractivity contribution in [3.63, 3.8) is 0 Å². The number of thioether (sulfide) groups is 1. The van der Waals surface area contributed by atoms with E-state index >= 15 is 0 Å². The summed E-state index contributed by atoms with van der Waals surface area (Å²) in [6, 6.07) is 8.31. The van der Waals surface area contributed by atoms with E-state index in [2.05, 4.69) is 11.4 Å². The molecule has 1 rings (SSSR count). The van der Waals surface area contributed by atoms with Gasteiger partial charge < -0.3 is 10.4 Å². The van der Waals surface area contributed by atoms with Crippen molar-refractivity contribution in [3.05, 3.63) is 35.4 Å². The average Bonchev–Trinajstić information content (AvgIpc) is 2.37. The molecule has 0 aromatic heterocycles. The SMILES string of the molecule is CC(=O)NC(CSCc1cccc(C#N)c1)C(=O)O. The van der Waals surface area contributed by atoms with Gasteiger partial charge in [0.15, 0.2) is 0 Å². The highest BCUT2D eigenvalue weighted by atomic mass is 32.2. The number of nitrogens with zero attached hydrogens (tertiary/aromatic N) is 1. The van der Waals surface area contributed by atoms with Crippen LogP contribution in [0.2, 0.25) is 0 Å². The summed E-state index contributed by atoms with van der Waals surface area (Å²) in [5, 5.41) is 20.1. The number of hydrogen-bond acceptors (Lipinski definition) is 4. The molecule has 0 aliphatic heterocycles. The first-order chi connectivity index (χ1) is 9.02. The van der Waals surface area contributed by atoms with Crippen LogP contribution in [0.25, 0.3) is 0 Å². The van der Waals surface area contributed by atoms with Gasteiger partial charge in [0, 0.05) is 18.4 Å². The monoisotopic (exact) mass is 278 g/mol. The van der Waals surface area contributed by atoms with E-state index in [1.165, 1.54) is 18.7 Å². The Kier molecular flexibility index (Phi) is 5.90. The summed E-state index contributed by atoms with van der Waals surface area (Å²) in [5.74, 6) is -0.530. The lowest BCUT2D eigenvalue weighted by molar-refractivity contribution is -0.140. The molecule has 1 amide bonds. The normalized spacial score (nSPS) is 11.4. The minimum Gasteiger partial charge on any atom is -0.480 e. The van der Waals surface area contributed by atoms with Gasteiger partial charge in [-0.2, -0.15) is 17.0 Å². The van der Waals surface area contributed by atoms with Crippen LogP contribution in [0, 0.1) is 11.3 Å². The summed E-state index contributed by atoms with van der Waals surface area (Å²) in [6.07, 6.45) is 0. The zero-order valence-electron chi connectivity index (χ0n) is 10.4. The molecule has 1 aromatic rings. The molecule has 0 radical (unpaired) electrons.